The Balaban J connectivity index is 0.000000588. The summed E-state index contributed by atoms with van der Waals surface area (Å²) in [5.41, 5.74) is 13.6. The van der Waals surface area contributed by atoms with E-state index in [1.54, 1.807) is 54.6 Å². The number of aliphatic carboxylic acids is 1. The summed E-state index contributed by atoms with van der Waals surface area (Å²) in [6.07, 6.45) is -11.3. The minimum Gasteiger partial charge on any atom is -0.481 e. The lowest BCUT2D eigenvalue weighted by Crippen LogP contribution is -2.41. The average molecular weight is 1170 g/mol. The molecule has 5 N–H and O–H groups in total. The molecule has 0 aliphatic carbocycles. The molecular formula is C61H61F9N8O6. The predicted octanol–water partition coefficient (Wildman–Crippen LogP) is 13.9. The minimum absolute atomic E-state index is 0. The Morgan fingerprint density at radius 2 is 0.905 bits per heavy atom. The number of rotatable bonds is 16. The van der Waals surface area contributed by atoms with Crippen LogP contribution in [0.25, 0.3) is 11.5 Å². The van der Waals surface area contributed by atoms with Gasteiger partial charge in [-0.25, -0.2) is 0 Å². The third-order valence-corrected chi connectivity index (χ3v) is 11.2. The fraction of sp³-hybridized carbons (Fsp3) is 0.262. The highest BCUT2D eigenvalue weighted by molar-refractivity contribution is 5.99. The Hall–Kier alpha value is -9.66. The van der Waals surface area contributed by atoms with E-state index >= 15 is 0 Å². The molecule has 0 saturated heterocycles. The SMILES string of the molecule is C.C.C.N#CCCC(=O)NNC(=O)c1ccccc1Cc1ccc(C(F)(F)F)cc1.N#CCCC(=O)O.N#CCCc1nnc(-c2ccccc2Cc2ccc(C(F)(F)F)cc2)o1.NCC(=O)c1ccccc1Cc1ccc(C(F)(F)F)cc1. The number of carboxylic acid groups (broad SMARTS) is 1. The molecule has 0 radical (unpaired) electrons. The number of Topliss-reactive ketones (excluding diaryl/α,β-unsaturated/α-hetero) is 1. The Labute approximate surface area is 480 Å². The summed E-state index contributed by atoms with van der Waals surface area (Å²) in [5.74, 6) is -1.43. The number of nitriles is 3. The fourth-order valence-corrected chi connectivity index (χ4v) is 7.14. The highest BCUT2D eigenvalue weighted by atomic mass is 19.4. The highest BCUT2D eigenvalue weighted by Gasteiger charge is 2.32. The number of benzene rings is 6. The number of alkyl halides is 9. The Morgan fingerprint density at radius 3 is 1.32 bits per heavy atom. The molecule has 7 rings (SSSR count). The largest absolute Gasteiger partial charge is 0.481 e. The van der Waals surface area contributed by atoms with Crippen molar-refractivity contribution in [3.63, 3.8) is 0 Å². The van der Waals surface area contributed by atoms with E-state index < -0.39 is 53.0 Å². The monoisotopic (exact) mass is 1170 g/mol. The maximum atomic E-state index is 12.7. The van der Waals surface area contributed by atoms with Gasteiger partial charge in [0.05, 0.1) is 47.9 Å². The van der Waals surface area contributed by atoms with Gasteiger partial charge in [0.25, 0.3) is 5.91 Å². The Morgan fingerprint density at radius 1 is 0.512 bits per heavy atom. The first-order valence-electron chi connectivity index (χ1n) is 24.2. The van der Waals surface area contributed by atoms with E-state index in [0.29, 0.717) is 53.3 Å². The Bertz CT molecular complexity index is 3330. The van der Waals surface area contributed by atoms with E-state index in [1.807, 2.05) is 36.4 Å². The van der Waals surface area contributed by atoms with E-state index in [2.05, 4.69) is 21.0 Å². The number of carboxylic acids is 1. The number of nitrogens with zero attached hydrogens (tertiary/aromatic N) is 5. The summed E-state index contributed by atoms with van der Waals surface area (Å²) in [7, 11) is 0. The zero-order valence-corrected chi connectivity index (χ0v) is 42.6. The molecule has 0 aliphatic heterocycles. The van der Waals surface area contributed by atoms with Gasteiger partial charge in [-0.1, -0.05) is 119 Å². The topological polar surface area (TPSA) is 249 Å². The van der Waals surface area contributed by atoms with Crippen LogP contribution in [0, 0.1) is 34.0 Å². The smallest absolute Gasteiger partial charge is 0.416 e. The molecule has 84 heavy (non-hydrogen) atoms. The molecule has 0 fully saturated rings. The van der Waals surface area contributed by atoms with Crippen LogP contribution in [-0.2, 0) is 53.8 Å². The van der Waals surface area contributed by atoms with E-state index in [1.165, 1.54) is 36.4 Å². The Kier molecular flexibility index (Phi) is 30.4. The van der Waals surface area contributed by atoms with Gasteiger partial charge < -0.3 is 15.3 Å². The van der Waals surface area contributed by atoms with E-state index in [4.69, 9.17) is 31.0 Å². The number of hydrogen-bond acceptors (Lipinski definition) is 11. The van der Waals surface area contributed by atoms with Crippen molar-refractivity contribution in [3.8, 4) is 29.7 Å². The van der Waals surface area contributed by atoms with Crippen LogP contribution < -0.4 is 16.6 Å². The maximum Gasteiger partial charge on any atom is 0.416 e. The third-order valence-electron chi connectivity index (χ3n) is 11.2. The number of carbonyl (C=O) groups is 4. The third kappa shape index (κ3) is 24.2. The quantitative estimate of drug-likeness (QED) is 0.0401. The van der Waals surface area contributed by atoms with Crippen molar-refractivity contribution in [1.82, 2.24) is 21.0 Å². The standard InChI is InChI=1S/C19H16F3N3O2.C19H14F3N3O.C16H14F3NO.C4H5NO2.3CH4/c20-19(21,22)15-9-7-13(8-10-15)12-14-4-1-2-5-16(14)18(27)25-24-17(26)6-3-11-23;20-19(21,22)15-9-7-13(8-10-15)12-14-4-1-2-5-16(14)18-25-24-17(26-18)6-3-11-23;17-16(18,19)13-7-5-11(6-8-13)9-12-3-1-2-4-14(12)15(21)10-20;5-3-1-2-4(6)7;;;/h1-2,4-5,7-10H,3,6,12H2,(H,24,26)(H,25,27);1-2,4-5,7-10H,3,6,12H2;1-8H,9-10,20H2;1-2H2,(H,6,7);3*1H4. The van der Waals surface area contributed by atoms with Gasteiger partial charge in [-0.2, -0.15) is 55.3 Å². The summed E-state index contributed by atoms with van der Waals surface area (Å²) in [5, 5.41) is 40.7. The molecule has 2 amide bonds. The first kappa shape index (κ1) is 72.4. The number of nitrogens with one attached hydrogen (secondary N) is 2. The number of aromatic nitrogens is 2. The summed E-state index contributed by atoms with van der Waals surface area (Å²) in [6.45, 7) is -0.0932. The molecule has 0 spiro atoms. The fourth-order valence-electron chi connectivity index (χ4n) is 7.14. The second-order valence-electron chi connectivity index (χ2n) is 17.1. The number of carbonyl (C=O) groups excluding carboxylic acids is 3. The lowest BCUT2D eigenvalue weighted by molar-refractivity contribution is -0.138. The molecule has 14 nitrogen and oxygen atoms in total. The minimum atomic E-state index is -4.40. The van der Waals surface area contributed by atoms with Gasteiger partial charge in [0.2, 0.25) is 17.7 Å². The molecule has 0 unspecified atom stereocenters. The molecule has 6 aromatic carbocycles. The van der Waals surface area contributed by atoms with Crippen molar-refractivity contribution in [3.05, 3.63) is 213 Å². The molecule has 0 atom stereocenters. The first-order chi connectivity index (χ1) is 38.5. The number of ketones is 1. The molecule has 7 aromatic rings. The van der Waals surface area contributed by atoms with Crippen LogP contribution in [-0.4, -0.2) is 45.4 Å². The van der Waals surface area contributed by atoms with Gasteiger partial charge in [-0.15, -0.1) is 10.2 Å². The van der Waals surface area contributed by atoms with Crippen molar-refractivity contribution < 1.29 is 68.2 Å². The van der Waals surface area contributed by atoms with Gasteiger partial charge in [0, 0.05) is 48.8 Å². The molecule has 0 saturated carbocycles. The van der Waals surface area contributed by atoms with Gasteiger partial charge in [-0.3, -0.25) is 30.0 Å². The second-order valence-corrected chi connectivity index (χ2v) is 17.1. The molecule has 0 aliphatic rings. The van der Waals surface area contributed by atoms with Crippen molar-refractivity contribution in [2.75, 3.05) is 6.54 Å². The summed E-state index contributed by atoms with van der Waals surface area (Å²) in [4.78, 5) is 45.1. The van der Waals surface area contributed by atoms with Gasteiger partial charge in [0.1, 0.15) is 0 Å². The van der Waals surface area contributed by atoms with Crippen LogP contribution >= 0.6 is 0 Å². The highest BCUT2D eigenvalue weighted by Crippen LogP contribution is 2.32. The summed E-state index contributed by atoms with van der Waals surface area (Å²) < 4.78 is 119. The van der Waals surface area contributed by atoms with Crippen molar-refractivity contribution in [2.24, 2.45) is 5.73 Å². The molecule has 0 bridgehead atoms. The van der Waals surface area contributed by atoms with Gasteiger partial charge in [-0.05, 0) is 101 Å². The van der Waals surface area contributed by atoms with Crippen LogP contribution in [0.15, 0.2) is 150 Å². The van der Waals surface area contributed by atoms with Crippen LogP contribution in [0.1, 0.15) is 131 Å². The van der Waals surface area contributed by atoms with E-state index in [9.17, 15) is 58.7 Å². The predicted molar refractivity (Wildman–Crippen MR) is 296 cm³/mol. The maximum absolute atomic E-state index is 12.7. The van der Waals surface area contributed by atoms with Crippen molar-refractivity contribution >= 4 is 23.6 Å². The van der Waals surface area contributed by atoms with Crippen LogP contribution in [0.5, 0.6) is 0 Å². The second kappa shape index (κ2) is 35.3. The first-order valence-corrected chi connectivity index (χ1v) is 24.2. The van der Waals surface area contributed by atoms with Crippen molar-refractivity contribution in [2.45, 2.75) is 98.6 Å². The zero-order valence-electron chi connectivity index (χ0n) is 42.6. The van der Waals surface area contributed by atoms with Gasteiger partial charge in [0.15, 0.2) is 5.78 Å². The van der Waals surface area contributed by atoms with Crippen LogP contribution in [0.2, 0.25) is 0 Å². The normalized spacial score (nSPS) is 10.4. The summed E-state index contributed by atoms with van der Waals surface area (Å²) in [6, 6.07) is 41.2. The molecule has 1 aromatic heterocycles. The molecular weight excluding hydrogens is 1110 g/mol. The number of hydrogen-bond donors (Lipinski definition) is 4. The number of halogens is 9. The van der Waals surface area contributed by atoms with Gasteiger partial charge >= 0.3 is 24.5 Å². The number of nitrogens with two attached hydrogens (primary N) is 1. The lowest BCUT2D eigenvalue weighted by atomic mass is 9.97. The lowest BCUT2D eigenvalue weighted by Gasteiger charge is -2.12. The zero-order chi connectivity index (χ0) is 59.6. The molecule has 1 heterocycles. The number of amides is 2. The molecule has 444 valence electrons. The number of hydrazine groups is 1. The van der Waals surface area contributed by atoms with Crippen molar-refractivity contribution in [1.29, 1.82) is 15.8 Å². The number of aryl methyl sites for hydroxylation is 1. The van der Waals surface area contributed by atoms with Crippen LogP contribution in [0.3, 0.4) is 0 Å². The van der Waals surface area contributed by atoms with E-state index in [-0.39, 0.29) is 78.7 Å². The van der Waals surface area contributed by atoms with E-state index in [0.717, 1.165) is 58.7 Å². The van der Waals surface area contributed by atoms with Crippen LogP contribution in [0.4, 0.5) is 39.5 Å². The average Bonchev–Trinajstić information content (AvgIpc) is 4.01. The summed E-state index contributed by atoms with van der Waals surface area (Å²) >= 11 is 0. The molecule has 23 heteroatoms.